The van der Waals surface area contributed by atoms with Gasteiger partial charge < -0.3 is 10.1 Å². The Morgan fingerprint density at radius 2 is 1.55 bits per heavy atom. The molecule has 0 bridgehead atoms. The van der Waals surface area contributed by atoms with Gasteiger partial charge in [-0.05, 0) is 61.4 Å². The second-order valence-corrected chi connectivity index (χ2v) is 7.78. The van der Waals surface area contributed by atoms with Crippen LogP contribution in [-0.2, 0) is 9.59 Å². The SMILES string of the molecule is COc1ccc(N2C(=O)C(Nc3cc(Cl)ccc3C)=C(c3ccc(C)cc3)C2=O)cc1. The van der Waals surface area contributed by atoms with Gasteiger partial charge in [-0.15, -0.1) is 0 Å². The van der Waals surface area contributed by atoms with Gasteiger partial charge in [0.15, 0.2) is 0 Å². The summed E-state index contributed by atoms with van der Waals surface area (Å²) in [7, 11) is 1.56. The summed E-state index contributed by atoms with van der Waals surface area (Å²) in [6.07, 6.45) is 0. The molecule has 3 aromatic rings. The van der Waals surface area contributed by atoms with E-state index in [0.29, 0.717) is 33.3 Å². The van der Waals surface area contributed by atoms with E-state index in [0.717, 1.165) is 11.1 Å². The molecule has 0 atom stereocenters. The highest BCUT2D eigenvalue weighted by molar-refractivity contribution is 6.46. The summed E-state index contributed by atoms with van der Waals surface area (Å²) >= 11 is 6.16. The number of carbonyl (C=O) groups is 2. The van der Waals surface area contributed by atoms with E-state index in [9.17, 15) is 9.59 Å². The van der Waals surface area contributed by atoms with Crippen LogP contribution in [0.1, 0.15) is 16.7 Å². The number of anilines is 2. The number of amides is 2. The van der Waals surface area contributed by atoms with Gasteiger partial charge in [0, 0.05) is 10.7 Å². The van der Waals surface area contributed by atoms with E-state index >= 15 is 0 Å². The first kappa shape index (κ1) is 20.7. The average molecular weight is 433 g/mol. The van der Waals surface area contributed by atoms with Gasteiger partial charge in [-0.3, -0.25) is 9.59 Å². The molecular formula is C25H21ClN2O3. The van der Waals surface area contributed by atoms with Crippen molar-refractivity contribution in [2.75, 3.05) is 17.3 Å². The quantitative estimate of drug-likeness (QED) is 0.551. The second kappa shape index (κ2) is 8.28. The molecule has 156 valence electrons. The van der Waals surface area contributed by atoms with E-state index < -0.39 is 5.91 Å². The van der Waals surface area contributed by atoms with Crippen molar-refractivity contribution >= 4 is 40.4 Å². The first-order chi connectivity index (χ1) is 14.9. The fourth-order valence-corrected chi connectivity index (χ4v) is 3.64. The van der Waals surface area contributed by atoms with E-state index in [1.54, 1.807) is 43.5 Å². The number of halogens is 1. The summed E-state index contributed by atoms with van der Waals surface area (Å²) < 4.78 is 5.19. The zero-order valence-electron chi connectivity index (χ0n) is 17.4. The highest BCUT2D eigenvalue weighted by Crippen LogP contribution is 2.35. The predicted molar refractivity (Wildman–Crippen MR) is 123 cm³/mol. The third-order valence-electron chi connectivity index (χ3n) is 5.21. The molecule has 0 spiro atoms. The molecule has 0 saturated heterocycles. The largest absolute Gasteiger partial charge is 0.497 e. The summed E-state index contributed by atoms with van der Waals surface area (Å²) in [6.45, 7) is 3.88. The van der Waals surface area contributed by atoms with Crippen molar-refractivity contribution in [3.05, 3.63) is 94.1 Å². The van der Waals surface area contributed by atoms with Gasteiger partial charge in [0.25, 0.3) is 11.8 Å². The Morgan fingerprint density at radius 1 is 0.871 bits per heavy atom. The fourth-order valence-electron chi connectivity index (χ4n) is 3.46. The highest BCUT2D eigenvalue weighted by atomic mass is 35.5. The van der Waals surface area contributed by atoms with Crippen LogP contribution in [0.25, 0.3) is 5.57 Å². The number of nitrogens with zero attached hydrogens (tertiary/aromatic N) is 1. The topological polar surface area (TPSA) is 58.6 Å². The lowest BCUT2D eigenvalue weighted by molar-refractivity contribution is -0.120. The van der Waals surface area contributed by atoms with Crippen molar-refractivity contribution in [3.63, 3.8) is 0 Å². The molecule has 1 aliphatic rings. The lowest BCUT2D eigenvalue weighted by Crippen LogP contribution is -2.32. The number of hydrogen-bond donors (Lipinski definition) is 1. The third-order valence-corrected chi connectivity index (χ3v) is 5.45. The highest BCUT2D eigenvalue weighted by Gasteiger charge is 2.40. The van der Waals surface area contributed by atoms with Crippen molar-refractivity contribution in [3.8, 4) is 5.75 Å². The molecule has 4 rings (SSSR count). The van der Waals surface area contributed by atoms with Crippen LogP contribution in [0.4, 0.5) is 11.4 Å². The maximum absolute atomic E-state index is 13.5. The van der Waals surface area contributed by atoms with Crippen LogP contribution in [0.3, 0.4) is 0 Å². The van der Waals surface area contributed by atoms with E-state index in [2.05, 4.69) is 5.32 Å². The smallest absolute Gasteiger partial charge is 0.282 e. The molecule has 1 N–H and O–H groups in total. The lowest BCUT2D eigenvalue weighted by atomic mass is 10.0. The van der Waals surface area contributed by atoms with E-state index in [1.807, 2.05) is 44.2 Å². The number of rotatable bonds is 5. The number of methoxy groups -OCH3 is 1. The standard InChI is InChI=1S/C25H21ClN2O3/c1-15-4-7-17(8-5-15)22-23(27-21-14-18(26)9-6-16(21)2)25(30)28(24(22)29)19-10-12-20(31-3)13-11-19/h4-14,27H,1-3H3. The molecule has 0 aliphatic carbocycles. The molecule has 31 heavy (non-hydrogen) atoms. The van der Waals surface area contributed by atoms with E-state index in [4.69, 9.17) is 16.3 Å². The van der Waals surface area contributed by atoms with Gasteiger partial charge in [-0.1, -0.05) is 47.5 Å². The Bertz CT molecular complexity index is 1200. The summed E-state index contributed by atoms with van der Waals surface area (Å²) in [4.78, 5) is 28.1. The molecule has 2 amide bonds. The van der Waals surface area contributed by atoms with Crippen LogP contribution in [-0.4, -0.2) is 18.9 Å². The van der Waals surface area contributed by atoms with Gasteiger partial charge in [0.2, 0.25) is 0 Å². The van der Waals surface area contributed by atoms with Gasteiger partial charge >= 0.3 is 0 Å². The molecule has 1 aliphatic heterocycles. The van der Waals surface area contributed by atoms with Crippen molar-refractivity contribution in [2.45, 2.75) is 13.8 Å². The predicted octanol–water partition coefficient (Wildman–Crippen LogP) is 5.36. The zero-order chi connectivity index (χ0) is 22.1. The molecule has 6 heteroatoms. The monoisotopic (exact) mass is 432 g/mol. The van der Waals surface area contributed by atoms with Crippen molar-refractivity contribution < 1.29 is 14.3 Å². The first-order valence-electron chi connectivity index (χ1n) is 9.76. The summed E-state index contributed by atoms with van der Waals surface area (Å²) in [5.74, 6) is -0.172. The number of benzene rings is 3. The van der Waals surface area contributed by atoms with Crippen LogP contribution >= 0.6 is 11.6 Å². The number of ether oxygens (including phenoxy) is 1. The van der Waals surface area contributed by atoms with Crippen LogP contribution < -0.4 is 15.0 Å². The van der Waals surface area contributed by atoms with E-state index in [1.165, 1.54) is 4.90 Å². The maximum atomic E-state index is 13.5. The normalized spacial score (nSPS) is 13.7. The Kier molecular flexibility index (Phi) is 5.53. The maximum Gasteiger partial charge on any atom is 0.282 e. The Labute approximate surface area is 185 Å². The van der Waals surface area contributed by atoms with Gasteiger partial charge in [0.1, 0.15) is 11.4 Å². The average Bonchev–Trinajstić information content (AvgIpc) is 3.01. The first-order valence-corrected chi connectivity index (χ1v) is 10.1. The van der Waals surface area contributed by atoms with Crippen LogP contribution in [0, 0.1) is 13.8 Å². The van der Waals surface area contributed by atoms with Crippen molar-refractivity contribution in [1.29, 1.82) is 0 Å². The number of aryl methyl sites for hydroxylation is 2. The van der Waals surface area contributed by atoms with Crippen LogP contribution in [0.5, 0.6) is 5.75 Å². The Morgan fingerprint density at radius 3 is 2.19 bits per heavy atom. The number of hydrogen-bond acceptors (Lipinski definition) is 4. The molecule has 0 unspecified atom stereocenters. The minimum Gasteiger partial charge on any atom is -0.497 e. The van der Waals surface area contributed by atoms with Gasteiger partial charge in [-0.2, -0.15) is 0 Å². The van der Waals surface area contributed by atoms with Crippen LogP contribution in [0.15, 0.2) is 72.4 Å². The van der Waals surface area contributed by atoms with Crippen molar-refractivity contribution in [2.24, 2.45) is 0 Å². The molecular weight excluding hydrogens is 412 g/mol. The number of nitrogens with one attached hydrogen (secondary N) is 1. The fraction of sp³-hybridized carbons (Fsp3) is 0.120. The molecule has 0 saturated carbocycles. The Hall–Kier alpha value is -3.57. The van der Waals surface area contributed by atoms with Gasteiger partial charge in [-0.25, -0.2) is 4.90 Å². The molecule has 0 radical (unpaired) electrons. The molecule has 1 heterocycles. The number of carbonyl (C=O) groups excluding carboxylic acids is 2. The van der Waals surface area contributed by atoms with E-state index in [-0.39, 0.29) is 11.6 Å². The summed E-state index contributed by atoms with van der Waals surface area (Å²) in [6, 6.07) is 19.7. The van der Waals surface area contributed by atoms with Crippen molar-refractivity contribution in [1.82, 2.24) is 0 Å². The zero-order valence-corrected chi connectivity index (χ0v) is 18.2. The molecule has 5 nitrogen and oxygen atoms in total. The minimum absolute atomic E-state index is 0.218. The second-order valence-electron chi connectivity index (χ2n) is 7.34. The molecule has 0 aromatic heterocycles. The Balaban J connectivity index is 1.82. The van der Waals surface area contributed by atoms with Gasteiger partial charge in [0.05, 0.1) is 18.4 Å². The lowest BCUT2D eigenvalue weighted by Gasteiger charge is -2.16. The molecule has 0 fully saturated rings. The third kappa shape index (κ3) is 3.92. The molecule has 3 aromatic carbocycles. The minimum atomic E-state index is -0.426. The number of imide groups is 1. The summed E-state index contributed by atoms with van der Waals surface area (Å²) in [5, 5.41) is 3.71. The summed E-state index contributed by atoms with van der Waals surface area (Å²) in [5.41, 5.74) is 4.32. The van der Waals surface area contributed by atoms with Crippen LogP contribution in [0.2, 0.25) is 5.02 Å².